The minimum absolute atomic E-state index is 0.293. The minimum atomic E-state index is 0.293. The molecule has 0 aromatic carbocycles. The van der Waals surface area contributed by atoms with Crippen LogP contribution in [0, 0.1) is 0 Å². The van der Waals surface area contributed by atoms with E-state index in [9.17, 15) is 0 Å². The van der Waals surface area contributed by atoms with E-state index < -0.39 is 0 Å². The van der Waals surface area contributed by atoms with Gasteiger partial charge in [-0.1, -0.05) is 12.1 Å². The van der Waals surface area contributed by atoms with E-state index in [1.54, 1.807) is 0 Å². The molecular formula is C10H20BrN5. The van der Waals surface area contributed by atoms with Crippen LogP contribution in [0.4, 0.5) is 0 Å². The molecule has 0 bridgehead atoms. The van der Waals surface area contributed by atoms with E-state index in [1.165, 1.54) is 0 Å². The molecule has 1 rings (SSSR count). The van der Waals surface area contributed by atoms with Gasteiger partial charge in [-0.25, -0.2) is 4.68 Å². The Labute approximate surface area is 105 Å². The zero-order valence-corrected chi connectivity index (χ0v) is 12.0. The summed E-state index contributed by atoms with van der Waals surface area (Å²) in [6, 6.07) is 0.293. The van der Waals surface area contributed by atoms with Crippen molar-refractivity contribution in [3.05, 3.63) is 10.3 Å². The monoisotopic (exact) mass is 289 g/mol. The van der Waals surface area contributed by atoms with Gasteiger partial charge >= 0.3 is 0 Å². The van der Waals surface area contributed by atoms with E-state index in [0.29, 0.717) is 6.04 Å². The number of rotatable bonds is 6. The maximum Gasteiger partial charge on any atom is 0.153 e. The van der Waals surface area contributed by atoms with Crippen molar-refractivity contribution in [3.63, 3.8) is 0 Å². The fourth-order valence-corrected chi connectivity index (χ4v) is 2.28. The van der Waals surface area contributed by atoms with E-state index in [0.717, 1.165) is 29.8 Å². The molecule has 0 aliphatic heterocycles. The summed E-state index contributed by atoms with van der Waals surface area (Å²) in [4.78, 5) is 2.18. The van der Waals surface area contributed by atoms with Gasteiger partial charge in [0.2, 0.25) is 0 Å². The van der Waals surface area contributed by atoms with Crippen LogP contribution in [-0.4, -0.2) is 47.1 Å². The maximum atomic E-state index is 4.02. The highest BCUT2D eigenvalue weighted by molar-refractivity contribution is 9.10. The fraction of sp³-hybridized carbons (Fsp3) is 0.800. The molecule has 1 atom stereocenters. The van der Waals surface area contributed by atoms with Gasteiger partial charge < -0.3 is 10.2 Å². The Bertz CT molecular complexity index is 304. The first-order valence-corrected chi connectivity index (χ1v) is 6.28. The van der Waals surface area contributed by atoms with Crippen LogP contribution in [0.2, 0.25) is 0 Å². The molecule has 0 aliphatic carbocycles. The van der Waals surface area contributed by atoms with E-state index in [2.05, 4.69) is 57.5 Å². The highest BCUT2D eigenvalue weighted by atomic mass is 79.9. The molecule has 0 radical (unpaired) electrons. The third kappa shape index (κ3) is 3.54. The minimum Gasteiger partial charge on any atom is -0.309 e. The van der Waals surface area contributed by atoms with Crippen LogP contribution in [0.15, 0.2) is 4.60 Å². The highest BCUT2D eigenvalue weighted by Crippen LogP contribution is 2.22. The summed E-state index contributed by atoms with van der Waals surface area (Å²) in [5.74, 6) is 0. The Hall–Kier alpha value is -0.460. The van der Waals surface area contributed by atoms with Crippen LogP contribution in [0.5, 0.6) is 0 Å². The van der Waals surface area contributed by atoms with Crippen LogP contribution >= 0.6 is 15.9 Å². The summed E-state index contributed by atoms with van der Waals surface area (Å²) in [7, 11) is 6.09. The maximum absolute atomic E-state index is 4.02. The van der Waals surface area contributed by atoms with Crippen LogP contribution in [-0.2, 0) is 7.05 Å². The van der Waals surface area contributed by atoms with Crippen molar-refractivity contribution in [3.8, 4) is 0 Å². The molecule has 0 saturated carbocycles. The number of halogens is 1. The lowest BCUT2D eigenvalue weighted by molar-refractivity contribution is 0.356. The number of aromatic nitrogens is 3. The van der Waals surface area contributed by atoms with Gasteiger partial charge in [-0.3, -0.25) is 0 Å². The van der Waals surface area contributed by atoms with Crippen LogP contribution in [0.3, 0.4) is 0 Å². The number of hydrogen-bond donors (Lipinski definition) is 1. The summed E-state index contributed by atoms with van der Waals surface area (Å²) < 4.78 is 2.66. The second-order valence-electron chi connectivity index (χ2n) is 4.09. The molecule has 5 nitrogen and oxygen atoms in total. The summed E-state index contributed by atoms with van der Waals surface area (Å²) in [6.07, 6.45) is 1.04. The van der Waals surface area contributed by atoms with Crippen molar-refractivity contribution in [1.82, 2.24) is 25.2 Å². The molecule has 1 N–H and O–H groups in total. The van der Waals surface area contributed by atoms with E-state index in [4.69, 9.17) is 0 Å². The highest BCUT2D eigenvalue weighted by Gasteiger charge is 2.19. The number of aryl methyl sites for hydroxylation is 1. The van der Waals surface area contributed by atoms with E-state index in [1.807, 2.05) is 11.7 Å². The van der Waals surface area contributed by atoms with Crippen LogP contribution in [0.25, 0.3) is 0 Å². The molecular weight excluding hydrogens is 270 g/mol. The first-order valence-electron chi connectivity index (χ1n) is 5.49. The first-order chi connectivity index (χ1) is 7.56. The largest absolute Gasteiger partial charge is 0.309 e. The summed E-state index contributed by atoms with van der Waals surface area (Å²) in [5.41, 5.74) is 1.11. The average Bonchev–Trinajstić information content (AvgIpc) is 2.54. The first kappa shape index (κ1) is 13.6. The molecule has 1 unspecified atom stereocenters. The van der Waals surface area contributed by atoms with Gasteiger partial charge in [0, 0.05) is 7.05 Å². The molecule has 92 valence electrons. The van der Waals surface area contributed by atoms with Crippen LogP contribution in [0.1, 0.15) is 25.1 Å². The number of nitrogens with zero attached hydrogens (tertiary/aromatic N) is 4. The molecule has 6 heteroatoms. The summed E-state index contributed by atoms with van der Waals surface area (Å²) >= 11 is 3.45. The normalized spacial score (nSPS) is 13.4. The second-order valence-corrected chi connectivity index (χ2v) is 4.84. The van der Waals surface area contributed by atoms with Crippen molar-refractivity contribution in [1.29, 1.82) is 0 Å². The Morgan fingerprint density at radius 1 is 1.50 bits per heavy atom. The van der Waals surface area contributed by atoms with Crippen molar-refractivity contribution < 1.29 is 0 Å². The predicted octanol–water partition coefficient (Wildman–Crippen LogP) is 1.18. The molecule has 0 fully saturated rings. The Morgan fingerprint density at radius 2 is 2.19 bits per heavy atom. The Balaban J connectivity index is 2.76. The molecule has 0 aliphatic rings. The third-order valence-electron chi connectivity index (χ3n) is 2.47. The summed E-state index contributed by atoms with van der Waals surface area (Å²) in [5, 5.41) is 11.5. The van der Waals surface area contributed by atoms with Gasteiger partial charge in [0.05, 0.1) is 11.7 Å². The Morgan fingerprint density at radius 3 is 2.62 bits per heavy atom. The quantitative estimate of drug-likeness (QED) is 0.854. The second kappa shape index (κ2) is 6.32. The van der Waals surface area contributed by atoms with Crippen molar-refractivity contribution in [2.75, 3.05) is 27.2 Å². The molecule has 1 aromatic rings. The Kier molecular flexibility index (Phi) is 5.37. The van der Waals surface area contributed by atoms with Crippen molar-refractivity contribution in [2.24, 2.45) is 7.05 Å². The average molecular weight is 290 g/mol. The molecule has 0 amide bonds. The standard InChI is InChI=1S/C10H20BrN5/c1-5-12-8(6-7-15(2)3)9-10(11)13-14-16(9)4/h8,12H,5-7H2,1-4H3. The van der Waals surface area contributed by atoms with E-state index >= 15 is 0 Å². The smallest absolute Gasteiger partial charge is 0.153 e. The van der Waals surface area contributed by atoms with Gasteiger partial charge in [-0.15, -0.1) is 5.10 Å². The molecule has 0 saturated heterocycles. The lowest BCUT2D eigenvalue weighted by Gasteiger charge is -2.20. The molecule has 1 aromatic heterocycles. The van der Waals surface area contributed by atoms with Gasteiger partial charge in [-0.05, 0) is 49.5 Å². The lowest BCUT2D eigenvalue weighted by Crippen LogP contribution is -2.27. The van der Waals surface area contributed by atoms with Gasteiger partial charge in [0.25, 0.3) is 0 Å². The zero-order valence-electron chi connectivity index (χ0n) is 10.4. The summed E-state index contributed by atoms with van der Waals surface area (Å²) in [6.45, 7) is 4.09. The van der Waals surface area contributed by atoms with Gasteiger partial charge in [0.1, 0.15) is 0 Å². The van der Waals surface area contributed by atoms with E-state index in [-0.39, 0.29) is 0 Å². The lowest BCUT2D eigenvalue weighted by atomic mass is 10.1. The SMILES string of the molecule is CCNC(CCN(C)C)c1c(Br)nnn1C. The molecule has 16 heavy (non-hydrogen) atoms. The number of hydrogen-bond acceptors (Lipinski definition) is 4. The molecule has 0 spiro atoms. The fourth-order valence-electron chi connectivity index (χ4n) is 1.68. The van der Waals surface area contributed by atoms with Gasteiger partial charge in [0.15, 0.2) is 4.60 Å². The molecule has 1 heterocycles. The number of nitrogens with one attached hydrogen (secondary N) is 1. The van der Waals surface area contributed by atoms with Crippen molar-refractivity contribution in [2.45, 2.75) is 19.4 Å². The zero-order chi connectivity index (χ0) is 12.1. The third-order valence-corrected chi connectivity index (χ3v) is 3.04. The van der Waals surface area contributed by atoms with Gasteiger partial charge in [-0.2, -0.15) is 0 Å². The topological polar surface area (TPSA) is 46.0 Å². The van der Waals surface area contributed by atoms with Crippen LogP contribution < -0.4 is 5.32 Å². The predicted molar refractivity (Wildman–Crippen MR) is 68.3 cm³/mol. The van der Waals surface area contributed by atoms with Crippen molar-refractivity contribution >= 4 is 15.9 Å².